The molecule has 168 valence electrons. The van der Waals surface area contributed by atoms with Crippen LogP contribution in [0.5, 0.6) is 0 Å². The molecule has 1 saturated heterocycles. The number of halogens is 4. The Hall–Kier alpha value is -3.36. The largest absolute Gasteiger partial charge is 0.416 e. The highest BCUT2D eigenvalue weighted by molar-refractivity contribution is 5.82. The van der Waals surface area contributed by atoms with Crippen LogP contribution in [-0.4, -0.2) is 42.0 Å². The quantitative estimate of drug-likeness (QED) is 0.616. The highest BCUT2D eigenvalue weighted by atomic mass is 19.4. The number of hydrogen-bond acceptors (Lipinski definition) is 3. The smallest absolute Gasteiger partial charge is 0.368 e. The number of alkyl halides is 3. The topological polar surface area (TPSA) is 56.4 Å². The van der Waals surface area contributed by atoms with Gasteiger partial charge in [-0.25, -0.2) is 4.39 Å². The first-order chi connectivity index (χ1) is 15.2. The molecular formula is C23H21F4N3O2. The van der Waals surface area contributed by atoms with E-state index >= 15 is 0 Å². The summed E-state index contributed by atoms with van der Waals surface area (Å²) in [6, 6.07) is 10.8. The molecule has 0 aliphatic carbocycles. The van der Waals surface area contributed by atoms with Crippen molar-refractivity contribution in [2.45, 2.75) is 19.0 Å². The number of rotatable bonds is 4. The van der Waals surface area contributed by atoms with Crippen molar-refractivity contribution in [3.05, 3.63) is 76.0 Å². The molecule has 1 aromatic heterocycles. The summed E-state index contributed by atoms with van der Waals surface area (Å²) >= 11 is 0. The van der Waals surface area contributed by atoms with Gasteiger partial charge in [0.05, 0.1) is 5.56 Å². The number of piperazine rings is 1. The van der Waals surface area contributed by atoms with Gasteiger partial charge >= 0.3 is 6.18 Å². The summed E-state index contributed by atoms with van der Waals surface area (Å²) in [4.78, 5) is 31.1. The van der Waals surface area contributed by atoms with Crippen molar-refractivity contribution < 1.29 is 22.4 Å². The molecule has 5 nitrogen and oxygen atoms in total. The van der Waals surface area contributed by atoms with E-state index in [1.165, 1.54) is 30.3 Å². The van der Waals surface area contributed by atoms with E-state index < -0.39 is 23.1 Å². The monoisotopic (exact) mass is 447 g/mol. The fraction of sp³-hybridized carbons (Fsp3) is 0.304. The summed E-state index contributed by atoms with van der Waals surface area (Å²) in [7, 11) is 0. The van der Waals surface area contributed by atoms with Crippen molar-refractivity contribution in [1.29, 1.82) is 0 Å². The van der Waals surface area contributed by atoms with Crippen molar-refractivity contribution in [3.8, 4) is 0 Å². The van der Waals surface area contributed by atoms with E-state index in [9.17, 15) is 27.2 Å². The van der Waals surface area contributed by atoms with Crippen LogP contribution in [0.4, 0.5) is 23.2 Å². The number of carbonyl (C=O) groups is 1. The number of aromatic nitrogens is 1. The molecule has 0 saturated carbocycles. The predicted octanol–water partition coefficient (Wildman–Crippen LogP) is 3.97. The minimum Gasteiger partial charge on any atom is -0.368 e. The number of aromatic amines is 1. The Kier molecular flexibility index (Phi) is 5.90. The van der Waals surface area contributed by atoms with Crippen LogP contribution in [-0.2, 0) is 17.4 Å². The Bertz CT molecular complexity index is 1180. The van der Waals surface area contributed by atoms with Gasteiger partial charge in [-0.15, -0.1) is 0 Å². The van der Waals surface area contributed by atoms with Crippen LogP contribution < -0.4 is 10.5 Å². The molecule has 32 heavy (non-hydrogen) atoms. The maximum atomic E-state index is 13.3. The number of H-pyrrole nitrogens is 1. The van der Waals surface area contributed by atoms with Crippen LogP contribution in [0.1, 0.15) is 17.7 Å². The first kappa shape index (κ1) is 21.9. The van der Waals surface area contributed by atoms with Crippen LogP contribution in [0.3, 0.4) is 0 Å². The average Bonchev–Trinajstić information content (AvgIpc) is 2.77. The molecule has 1 aliphatic rings. The maximum absolute atomic E-state index is 13.3. The Morgan fingerprint density at radius 2 is 1.66 bits per heavy atom. The Morgan fingerprint density at radius 1 is 0.969 bits per heavy atom. The Balaban J connectivity index is 1.32. The van der Waals surface area contributed by atoms with E-state index in [1.807, 2.05) is 4.90 Å². The van der Waals surface area contributed by atoms with Gasteiger partial charge in [0.15, 0.2) is 0 Å². The zero-order valence-electron chi connectivity index (χ0n) is 17.1. The van der Waals surface area contributed by atoms with Crippen LogP contribution >= 0.6 is 0 Å². The lowest BCUT2D eigenvalue weighted by atomic mass is 10.1. The van der Waals surface area contributed by atoms with E-state index in [-0.39, 0.29) is 17.7 Å². The molecule has 0 bridgehead atoms. The number of fused-ring (bicyclic) bond motifs is 1. The number of amides is 1. The van der Waals surface area contributed by atoms with Crippen molar-refractivity contribution in [2.24, 2.45) is 0 Å². The van der Waals surface area contributed by atoms with Gasteiger partial charge in [-0.3, -0.25) is 9.59 Å². The predicted molar refractivity (Wildman–Crippen MR) is 113 cm³/mol. The standard InChI is InChI=1S/C23H21F4N3O2/c24-17-4-1-15-13-18(28-22(32)20(15)14-17)5-8-21(31)30-11-9-29(10-12-30)19-6-2-16(3-7-19)23(25,26)27/h1-4,6-7,13-14H,5,8-12H2,(H,28,32). The van der Waals surface area contributed by atoms with Gasteiger partial charge in [-0.05, 0) is 54.3 Å². The number of pyridine rings is 1. The minimum atomic E-state index is -4.37. The molecule has 1 aliphatic heterocycles. The molecule has 0 atom stereocenters. The summed E-state index contributed by atoms with van der Waals surface area (Å²) in [5.41, 5.74) is 0.211. The summed E-state index contributed by atoms with van der Waals surface area (Å²) in [5.74, 6) is -0.543. The molecule has 2 heterocycles. The number of anilines is 1. The van der Waals surface area contributed by atoms with E-state index in [0.29, 0.717) is 49.4 Å². The molecule has 1 fully saturated rings. The zero-order valence-corrected chi connectivity index (χ0v) is 17.1. The normalized spacial score (nSPS) is 14.8. The lowest BCUT2D eigenvalue weighted by Gasteiger charge is -2.36. The number of aryl methyl sites for hydroxylation is 1. The first-order valence-corrected chi connectivity index (χ1v) is 10.2. The van der Waals surface area contributed by atoms with E-state index in [1.54, 1.807) is 11.0 Å². The van der Waals surface area contributed by atoms with E-state index in [2.05, 4.69) is 4.98 Å². The van der Waals surface area contributed by atoms with Crippen LogP contribution in [0.25, 0.3) is 10.8 Å². The highest BCUT2D eigenvalue weighted by Crippen LogP contribution is 2.30. The fourth-order valence-corrected chi connectivity index (χ4v) is 3.90. The number of nitrogens with one attached hydrogen (secondary N) is 1. The second-order valence-electron chi connectivity index (χ2n) is 7.77. The third-order valence-corrected chi connectivity index (χ3v) is 5.66. The van der Waals surface area contributed by atoms with Gasteiger partial charge in [0, 0.05) is 49.4 Å². The van der Waals surface area contributed by atoms with Crippen molar-refractivity contribution in [3.63, 3.8) is 0 Å². The average molecular weight is 447 g/mol. The first-order valence-electron chi connectivity index (χ1n) is 10.2. The van der Waals surface area contributed by atoms with Gasteiger partial charge in [0.1, 0.15) is 5.82 Å². The minimum absolute atomic E-state index is 0.0582. The maximum Gasteiger partial charge on any atom is 0.416 e. The van der Waals surface area contributed by atoms with Gasteiger partial charge in [-0.1, -0.05) is 6.07 Å². The number of carbonyl (C=O) groups excluding carboxylic acids is 1. The Labute approximate surface area is 181 Å². The second-order valence-corrected chi connectivity index (χ2v) is 7.77. The van der Waals surface area contributed by atoms with Crippen LogP contribution in [0, 0.1) is 5.82 Å². The van der Waals surface area contributed by atoms with Crippen molar-refractivity contribution in [2.75, 3.05) is 31.1 Å². The molecule has 1 N–H and O–H groups in total. The van der Waals surface area contributed by atoms with Gasteiger partial charge < -0.3 is 14.8 Å². The molecule has 1 amide bonds. The van der Waals surface area contributed by atoms with E-state index in [0.717, 1.165) is 12.1 Å². The molecular weight excluding hydrogens is 426 g/mol. The number of benzene rings is 2. The summed E-state index contributed by atoms with van der Waals surface area (Å²) < 4.78 is 51.5. The van der Waals surface area contributed by atoms with Gasteiger partial charge in [0.25, 0.3) is 5.56 Å². The van der Waals surface area contributed by atoms with E-state index in [4.69, 9.17) is 0 Å². The van der Waals surface area contributed by atoms with Gasteiger partial charge in [-0.2, -0.15) is 13.2 Å². The fourth-order valence-electron chi connectivity index (χ4n) is 3.90. The summed E-state index contributed by atoms with van der Waals surface area (Å²) in [5, 5.41) is 0.877. The van der Waals surface area contributed by atoms with Crippen LogP contribution in [0.2, 0.25) is 0 Å². The molecule has 9 heteroatoms. The molecule has 0 unspecified atom stereocenters. The molecule has 2 aromatic carbocycles. The number of hydrogen-bond donors (Lipinski definition) is 1. The highest BCUT2D eigenvalue weighted by Gasteiger charge is 2.30. The summed E-state index contributed by atoms with van der Waals surface area (Å²) in [6.45, 7) is 1.98. The lowest BCUT2D eigenvalue weighted by molar-refractivity contribution is -0.137. The second kappa shape index (κ2) is 8.64. The third kappa shape index (κ3) is 4.76. The zero-order chi connectivity index (χ0) is 22.9. The van der Waals surface area contributed by atoms with Crippen LogP contribution in [0.15, 0.2) is 53.3 Å². The lowest BCUT2D eigenvalue weighted by Crippen LogP contribution is -2.48. The van der Waals surface area contributed by atoms with Crippen molar-refractivity contribution >= 4 is 22.4 Å². The van der Waals surface area contributed by atoms with Gasteiger partial charge in [0.2, 0.25) is 5.91 Å². The number of nitrogens with zero attached hydrogens (tertiary/aromatic N) is 2. The Morgan fingerprint density at radius 3 is 2.31 bits per heavy atom. The molecule has 0 spiro atoms. The summed E-state index contributed by atoms with van der Waals surface area (Å²) in [6.07, 6.45) is -3.81. The van der Waals surface area contributed by atoms with Crippen molar-refractivity contribution in [1.82, 2.24) is 9.88 Å². The molecule has 3 aromatic rings. The molecule has 4 rings (SSSR count). The molecule has 0 radical (unpaired) electrons. The SMILES string of the molecule is O=C(CCc1cc2ccc(F)cc2c(=O)[nH]1)N1CCN(c2ccc(C(F)(F)F)cc2)CC1. The third-order valence-electron chi connectivity index (χ3n) is 5.66.